The first-order valence-corrected chi connectivity index (χ1v) is 9.49. The highest BCUT2D eigenvalue weighted by molar-refractivity contribution is 6.31. The van der Waals surface area contributed by atoms with Gasteiger partial charge in [0.1, 0.15) is 11.6 Å². The van der Waals surface area contributed by atoms with Gasteiger partial charge in [-0.2, -0.15) is 0 Å². The van der Waals surface area contributed by atoms with E-state index in [0.717, 1.165) is 11.1 Å². The van der Waals surface area contributed by atoms with Gasteiger partial charge in [0.2, 0.25) is 0 Å². The number of halogens is 2. The van der Waals surface area contributed by atoms with Gasteiger partial charge in [0.25, 0.3) is 5.91 Å². The third-order valence-electron chi connectivity index (χ3n) is 4.32. The zero-order chi connectivity index (χ0) is 21.4. The van der Waals surface area contributed by atoms with E-state index in [-0.39, 0.29) is 17.8 Å². The summed E-state index contributed by atoms with van der Waals surface area (Å²) in [5.74, 6) is 0.293. The number of primary amides is 1. The highest BCUT2D eigenvalue weighted by atomic mass is 35.5. The Morgan fingerprint density at radius 1 is 1.24 bits per heavy atom. The van der Waals surface area contributed by atoms with Crippen LogP contribution in [-0.2, 0) is 16.8 Å². The predicted octanol–water partition coefficient (Wildman–Crippen LogP) is 2.99. The monoisotopic (exact) mass is 420 g/mol. The summed E-state index contributed by atoms with van der Waals surface area (Å²) in [6.45, 7) is 4.92. The minimum atomic E-state index is -0.526. The van der Waals surface area contributed by atoms with Crippen LogP contribution in [0.5, 0.6) is 5.75 Å². The molecule has 1 amide bonds. The van der Waals surface area contributed by atoms with Crippen molar-refractivity contribution in [3.63, 3.8) is 0 Å². The minimum Gasteiger partial charge on any atom is -0.484 e. The van der Waals surface area contributed by atoms with Crippen LogP contribution in [0.3, 0.4) is 0 Å². The highest BCUT2D eigenvalue weighted by Gasteiger charge is 2.24. The fraction of sp³-hybridized carbons (Fsp3) is 0.333. The summed E-state index contributed by atoms with van der Waals surface area (Å²) < 4.78 is 18.6. The summed E-state index contributed by atoms with van der Waals surface area (Å²) in [7, 11) is 1.68. The zero-order valence-corrected chi connectivity index (χ0v) is 17.5. The molecule has 0 spiro atoms. The van der Waals surface area contributed by atoms with Crippen molar-refractivity contribution in [3.8, 4) is 5.75 Å². The number of hydrogen-bond acceptors (Lipinski definition) is 3. The lowest BCUT2D eigenvalue weighted by Gasteiger charge is -2.27. The fourth-order valence-corrected chi connectivity index (χ4v) is 3.17. The minimum absolute atomic E-state index is 0.166. The first-order valence-electron chi connectivity index (χ1n) is 9.11. The smallest absolute Gasteiger partial charge is 0.255 e. The first kappa shape index (κ1) is 22.5. The second-order valence-corrected chi connectivity index (χ2v) is 7.60. The Morgan fingerprint density at radius 3 is 2.66 bits per heavy atom. The molecule has 0 saturated heterocycles. The molecule has 0 unspecified atom stereocenters. The summed E-state index contributed by atoms with van der Waals surface area (Å²) >= 11 is 6.21. The van der Waals surface area contributed by atoms with Crippen molar-refractivity contribution in [2.45, 2.75) is 25.8 Å². The predicted molar refractivity (Wildman–Crippen MR) is 114 cm³/mol. The van der Waals surface area contributed by atoms with Gasteiger partial charge >= 0.3 is 0 Å². The Bertz CT molecular complexity index is 887. The van der Waals surface area contributed by atoms with Crippen LogP contribution in [0.1, 0.15) is 25.0 Å². The van der Waals surface area contributed by atoms with Crippen LogP contribution >= 0.6 is 11.6 Å². The maximum atomic E-state index is 13.3. The number of ether oxygens (including phenoxy) is 1. The summed E-state index contributed by atoms with van der Waals surface area (Å²) in [4.78, 5) is 15.1. The highest BCUT2D eigenvalue weighted by Crippen LogP contribution is 2.29. The molecule has 2 rings (SSSR count). The van der Waals surface area contributed by atoms with E-state index in [1.165, 1.54) is 12.1 Å². The van der Waals surface area contributed by atoms with E-state index >= 15 is 0 Å². The SMILES string of the molecule is CN=C(NCc1cccc(OCC(N)=O)c1)NCC(C)(C)c1ccc(F)cc1Cl. The van der Waals surface area contributed by atoms with Crippen molar-refractivity contribution in [1.82, 2.24) is 10.6 Å². The molecule has 0 aliphatic heterocycles. The number of hydrogen-bond donors (Lipinski definition) is 3. The van der Waals surface area contributed by atoms with Crippen molar-refractivity contribution in [2.24, 2.45) is 10.7 Å². The van der Waals surface area contributed by atoms with Crippen LogP contribution in [-0.4, -0.2) is 32.1 Å². The summed E-state index contributed by atoms with van der Waals surface area (Å²) in [6.07, 6.45) is 0. The van der Waals surface area contributed by atoms with Crippen LogP contribution < -0.4 is 21.1 Å². The summed E-state index contributed by atoms with van der Waals surface area (Å²) in [5.41, 5.74) is 6.56. The Balaban J connectivity index is 1.94. The first-order chi connectivity index (χ1) is 13.7. The van der Waals surface area contributed by atoms with E-state index in [4.69, 9.17) is 22.1 Å². The number of nitrogens with one attached hydrogen (secondary N) is 2. The van der Waals surface area contributed by atoms with Gasteiger partial charge < -0.3 is 21.1 Å². The molecule has 156 valence electrons. The van der Waals surface area contributed by atoms with Crippen molar-refractivity contribution in [3.05, 3.63) is 64.4 Å². The van der Waals surface area contributed by atoms with Gasteiger partial charge in [-0.3, -0.25) is 9.79 Å². The number of guanidine groups is 1. The third-order valence-corrected chi connectivity index (χ3v) is 4.63. The maximum absolute atomic E-state index is 13.3. The van der Waals surface area contributed by atoms with Gasteiger partial charge in [-0.25, -0.2) is 4.39 Å². The standard InChI is InChI=1S/C21H26ClFN4O2/c1-21(2,17-8-7-15(23)10-18(17)22)13-27-20(25-3)26-11-14-5-4-6-16(9-14)29-12-19(24)28/h4-10H,11-13H2,1-3H3,(H2,24,28)(H2,25,26,27). The Morgan fingerprint density at radius 2 is 2.00 bits per heavy atom. The van der Waals surface area contributed by atoms with Gasteiger partial charge in [-0.05, 0) is 35.4 Å². The molecular weight excluding hydrogens is 395 g/mol. The number of nitrogens with two attached hydrogens (primary N) is 1. The second kappa shape index (κ2) is 10.1. The van der Waals surface area contributed by atoms with E-state index in [0.29, 0.717) is 29.8 Å². The Labute approximate surface area is 175 Å². The number of nitrogens with zero attached hydrogens (tertiary/aromatic N) is 1. The van der Waals surface area contributed by atoms with Crippen LogP contribution in [0, 0.1) is 5.82 Å². The van der Waals surface area contributed by atoms with Gasteiger partial charge in [-0.15, -0.1) is 0 Å². The van der Waals surface area contributed by atoms with Gasteiger partial charge in [-0.1, -0.05) is 43.6 Å². The molecule has 0 bridgehead atoms. The molecule has 4 N–H and O–H groups in total. The van der Waals surface area contributed by atoms with Crippen molar-refractivity contribution >= 4 is 23.5 Å². The molecule has 0 aromatic heterocycles. The molecule has 8 heteroatoms. The molecule has 29 heavy (non-hydrogen) atoms. The molecule has 0 aliphatic carbocycles. The maximum Gasteiger partial charge on any atom is 0.255 e. The summed E-state index contributed by atoms with van der Waals surface area (Å²) in [5, 5.41) is 6.89. The van der Waals surface area contributed by atoms with Crippen LogP contribution in [0.25, 0.3) is 0 Å². The number of carbonyl (C=O) groups excluding carboxylic acids is 1. The van der Waals surface area contributed by atoms with Crippen LogP contribution in [0.2, 0.25) is 5.02 Å². The fourth-order valence-electron chi connectivity index (χ4n) is 2.74. The lowest BCUT2D eigenvalue weighted by atomic mass is 9.84. The molecule has 2 aromatic carbocycles. The zero-order valence-electron chi connectivity index (χ0n) is 16.8. The lowest BCUT2D eigenvalue weighted by molar-refractivity contribution is -0.119. The topological polar surface area (TPSA) is 88.7 Å². The van der Waals surface area contributed by atoms with Crippen molar-refractivity contribution < 1.29 is 13.9 Å². The molecular formula is C21H26ClFN4O2. The van der Waals surface area contributed by atoms with Crippen LogP contribution in [0.15, 0.2) is 47.5 Å². The van der Waals surface area contributed by atoms with Crippen molar-refractivity contribution in [1.29, 1.82) is 0 Å². The number of amides is 1. The average Bonchev–Trinajstić information content (AvgIpc) is 2.66. The van der Waals surface area contributed by atoms with E-state index in [2.05, 4.69) is 15.6 Å². The van der Waals surface area contributed by atoms with Crippen molar-refractivity contribution in [2.75, 3.05) is 20.2 Å². The lowest BCUT2D eigenvalue weighted by Crippen LogP contribution is -2.43. The van der Waals surface area contributed by atoms with Gasteiger partial charge in [0, 0.05) is 30.6 Å². The quantitative estimate of drug-likeness (QED) is 0.452. The van der Waals surface area contributed by atoms with E-state index in [1.807, 2.05) is 32.0 Å². The summed E-state index contributed by atoms with van der Waals surface area (Å²) in [6, 6.07) is 11.8. The van der Waals surface area contributed by atoms with Gasteiger partial charge in [0.05, 0.1) is 0 Å². The van der Waals surface area contributed by atoms with Gasteiger partial charge in [0.15, 0.2) is 12.6 Å². The number of benzene rings is 2. The largest absolute Gasteiger partial charge is 0.484 e. The third kappa shape index (κ3) is 6.94. The molecule has 0 aliphatic rings. The Kier molecular flexibility index (Phi) is 7.84. The molecule has 0 fully saturated rings. The molecule has 0 radical (unpaired) electrons. The molecule has 0 atom stereocenters. The molecule has 0 saturated carbocycles. The number of carbonyl (C=O) groups is 1. The molecule has 2 aromatic rings. The normalized spacial score (nSPS) is 11.8. The van der Waals surface area contributed by atoms with Crippen LogP contribution in [0.4, 0.5) is 4.39 Å². The second-order valence-electron chi connectivity index (χ2n) is 7.19. The molecule has 6 nitrogen and oxygen atoms in total. The number of aliphatic imine (C=N–C) groups is 1. The average molecular weight is 421 g/mol. The van der Waals surface area contributed by atoms with E-state index < -0.39 is 5.91 Å². The Hall–Kier alpha value is -2.80. The molecule has 0 heterocycles. The number of rotatable bonds is 8. The van der Waals surface area contributed by atoms with E-state index in [9.17, 15) is 9.18 Å². The van der Waals surface area contributed by atoms with E-state index in [1.54, 1.807) is 19.2 Å².